The molecule has 0 unspecified atom stereocenters. The van der Waals surface area contributed by atoms with Crippen LogP contribution >= 0.6 is 0 Å². The Morgan fingerprint density at radius 1 is 0.393 bits per heavy atom. The number of para-hydroxylation sites is 4. The molecular formula is C54H53N5O2. The van der Waals surface area contributed by atoms with E-state index in [9.17, 15) is 0 Å². The highest BCUT2D eigenvalue weighted by Crippen LogP contribution is 2.50. The van der Waals surface area contributed by atoms with E-state index in [1.54, 1.807) is 0 Å². The van der Waals surface area contributed by atoms with Crippen molar-refractivity contribution in [2.24, 2.45) is 0 Å². The summed E-state index contributed by atoms with van der Waals surface area (Å²) in [6.45, 7) is 18.1. The van der Waals surface area contributed by atoms with Gasteiger partial charge in [-0.25, -0.2) is 9.36 Å². The third-order valence-corrected chi connectivity index (χ3v) is 11.7. The SMILES string of the molecule is CC(C)c1cccc(C(C)C)c1-c1cnn(-c2cccc(N3c4ccccc4Oc4ccccc4Oc4ccc(-n5cc(-c6c(C(C)C)cccc6C(C)C)cn5)cc43)c2)c1. The molecule has 0 saturated heterocycles. The third kappa shape index (κ3) is 7.50. The van der Waals surface area contributed by atoms with Gasteiger partial charge >= 0.3 is 0 Å². The molecule has 3 heterocycles. The molecule has 0 amide bonds. The Morgan fingerprint density at radius 2 is 0.820 bits per heavy atom. The number of hydrogen-bond donors (Lipinski definition) is 0. The first-order valence-electron chi connectivity index (χ1n) is 21.5. The van der Waals surface area contributed by atoms with Crippen molar-refractivity contribution in [1.29, 1.82) is 0 Å². The topological polar surface area (TPSA) is 57.3 Å². The van der Waals surface area contributed by atoms with E-state index in [1.807, 2.05) is 70.3 Å². The summed E-state index contributed by atoms with van der Waals surface area (Å²) in [5.74, 6) is 4.11. The first-order chi connectivity index (χ1) is 29.5. The molecule has 0 radical (unpaired) electrons. The van der Waals surface area contributed by atoms with Gasteiger partial charge in [0.1, 0.15) is 0 Å². The maximum absolute atomic E-state index is 6.81. The molecule has 8 aromatic rings. The van der Waals surface area contributed by atoms with Crippen molar-refractivity contribution in [3.8, 4) is 56.6 Å². The molecule has 0 N–H and O–H groups in total. The van der Waals surface area contributed by atoms with Gasteiger partial charge in [-0.05, 0) is 118 Å². The summed E-state index contributed by atoms with van der Waals surface area (Å²) in [4.78, 5) is 2.22. The number of fused-ring (bicyclic) bond motifs is 3. The molecule has 0 saturated carbocycles. The highest BCUT2D eigenvalue weighted by atomic mass is 16.5. The van der Waals surface area contributed by atoms with Gasteiger partial charge < -0.3 is 14.4 Å². The molecule has 7 heteroatoms. The fourth-order valence-corrected chi connectivity index (χ4v) is 8.63. The van der Waals surface area contributed by atoms with E-state index in [-0.39, 0.29) is 0 Å². The summed E-state index contributed by atoms with van der Waals surface area (Å²) in [5, 5.41) is 9.95. The van der Waals surface area contributed by atoms with E-state index in [2.05, 4.69) is 152 Å². The van der Waals surface area contributed by atoms with Crippen LogP contribution in [0.5, 0.6) is 23.0 Å². The molecule has 306 valence electrons. The minimum absolute atomic E-state index is 0.366. The minimum atomic E-state index is 0.366. The van der Waals surface area contributed by atoms with Gasteiger partial charge in [0, 0.05) is 29.2 Å². The van der Waals surface area contributed by atoms with Crippen molar-refractivity contribution in [3.63, 3.8) is 0 Å². The number of anilines is 3. The lowest BCUT2D eigenvalue weighted by molar-refractivity contribution is 0.423. The normalized spacial score (nSPS) is 12.4. The maximum atomic E-state index is 6.81. The van der Waals surface area contributed by atoms with Crippen LogP contribution in [0.2, 0.25) is 0 Å². The monoisotopic (exact) mass is 803 g/mol. The van der Waals surface area contributed by atoms with Crippen molar-refractivity contribution < 1.29 is 9.47 Å². The number of hydrogen-bond acceptors (Lipinski definition) is 5. The van der Waals surface area contributed by atoms with Gasteiger partial charge in [-0.15, -0.1) is 0 Å². The average molecular weight is 804 g/mol. The van der Waals surface area contributed by atoms with Crippen molar-refractivity contribution in [3.05, 3.63) is 174 Å². The Bertz CT molecular complexity index is 2810. The lowest BCUT2D eigenvalue weighted by Gasteiger charge is -2.28. The first kappa shape index (κ1) is 39.6. The van der Waals surface area contributed by atoms with Crippen LogP contribution in [0.3, 0.4) is 0 Å². The van der Waals surface area contributed by atoms with E-state index in [0.29, 0.717) is 46.7 Å². The van der Waals surface area contributed by atoms with Crippen LogP contribution in [0.4, 0.5) is 17.1 Å². The number of aromatic nitrogens is 4. The molecule has 0 fully saturated rings. The molecule has 1 aliphatic heterocycles. The number of benzene rings is 6. The molecule has 61 heavy (non-hydrogen) atoms. The van der Waals surface area contributed by atoms with Gasteiger partial charge in [0.05, 0.1) is 35.1 Å². The van der Waals surface area contributed by atoms with Gasteiger partial charge in [-0.2, -0.15) is 10.2 Å². The highest BCUT2D eigenvalue weighted by Gasteiger charge is 2.26. The van der Waals surface area contributed by atoms with Gasteiger partial charge in [-0.3, -0.25) is 0 Å². The first-order valence-corrected chi connectivity index (χ1v) is 21.5. The number of rotatable bonds is 9. The van der Waals surface area contributed by atoms with Crippen LogP contribution in [0.25, 0.3) is 33.6 Å². The van der Waals surface area contributed by atoms with Crippen LogP contribution < -0.4 is 14.4 Å². The minimum Gasteiger partial charge on any atom is -0.451 e. The van der Waals surface area contributed by atoms with Gasteiger partial charge in [0.25, 0.3) is 0 Å². The Morgan fingerprint density at radius 3 is 1.33 bits per heavy atom. The van der Waals surface area contributed by atoms with E-state index in [0.717, 1.165) is 39.6 Å². The van der Waals surface area contributed by atoms with E-state index in [1.165, 1.54) is 33.4 Å². The molecule has 0 bridgehead atoms. The summed E-state index contributed by atoms with van der Waals surface area (Å²) in [5.41, 5.74) is 14.5. The van der Waals surface area contributed by atoms with Crippen molar-refractivity contribution in [1.82, 2.24) is 19.6 Å². The van der Waals surface area contributed by atoms with E-state index < -0.39 is 0 Å². The second-order valence-corrected chi connectivity index (χ2v) is 17.2. The van der Waals surface area contributed by atoms with Crippen LogP contribution in [0.15, 0.2) is 152 Å². The quantitative estimate of drug-likeness (QED) is 0.145. The molecule has 9 rings (SSSR count). The maximum Gasteiger partial charge on any atom is 0.170 e. The Balaban J connectivity index is 1.20. The molecule has 1 aliphatic rings. The fourth-order valence-electron chi connectivity index (χ4n) is 8.63. The predicted octanol–water partition coefficient (Wildman–Crippen LogP) is 15.3. The predicted molar refractivity (Wildman–Crippen MR) is 249 cm³/mol. The number of nitrogens with zero attached hydrogens (tertiary/aromatic N) is 5. The van der Waals surface area contributed by atoms with Gasteiger partial charge in [0.15, 0.2) is 23.0 Å². The Labute approximate surface area is 359 Å². The van der Waals surface area contributed by atoms with Crippen LogP contribution in [0, 0.1) is 0 Å². The lowest BCUT2D eigenvalue weighted by atomic mass is 9.86. The molecule has 2 aromatic heterocycles. The van der Waals surface area contributed by atoms with Crippen molar-refractivity contribution >= 4 is 17.1 Å². The average Bonchev–Trinajstić information content (AvgIpc) is 3.97. The van der Waals surface area contributed by atoms with Gasteiger partial charge in [-0.1, -0.05) is 122 Å². The van der Waals surface area contributed by atoms with Crippen LogP contribution in [-0.2, 0) is 0 Å². The largest absolute Gasteiger partial charge is 0.451 e. The zero-order valence-corrected chi connectivity index (χ0v) is 36.3. The molecule has 0 spiro atoms. The van der Waals surface area contributed by atoms with Crippen molar-refractivity contribution in [2.75, 3.05) is 4.90 Å². The Kier molecular flexibility index (Phi) is 10.6. The summed E-state index contributed by atoms with van der Waals surface area (Å²) in [6, 6.07) is 44.1. The third-order valence-electron chi connectivity index (χ3n) is 11.7. The fraction of sp³-hybridized carbons (Fsp3) is 0.222. The van der Waals surface area contributed by atoms with E-state index >= 15 is 0 Å². The van der Waals surface area contributed by atoms with Crippen LogP contribution in [0.1, 0.15) is 101 Å². The zero-order chi connectivity index (χ0) is 42.4. The van der Waals surface area contributed by atoms with Crippen LogP contribution in [-0.4, -0.2) is 19.6 Å². The second kappa shape index (κ2) is 16.3. The molecule has 0 atom stereocenters. The Hall–Kier alpha value is -6.86. The number of ether oxygens (including phenoxy) is 2. The van der Waals surface area contributed by atoms with Gasteiger partial charge in [0.2, 0.25) is 0 Å². The lowest BCUT2D eigenvalue weighted by Crippen LogP contribution is -2.13. The van der Waals surface area contributed by atoms with Crippen molar-refractivity contribution in [2.45, 2.75) is 79.1 Å². The summed E-state index contributed by atoms with van der Waals surface area (Å²) in [7, 11) is 0. The molecule has 0 aliphatic carbocycles. The summed E-state index contributed by atoms with van der Waals surface area (Å²) in [6.07, 6.45) is 8.30. The molecular weight excluding hydrogens is 751 g/mol. The smallest absolute Gasteiger partial charge is 0.170 e. The highest BCUT2D eigenvalue weighted by molar-refractivity contribution is 5.86. The zero-order valence-electron chi connectivity index (χ0n) is 36.3. The summed E-state index contributed by atoms with van der Waals surface area (Å²) < 4.78 is 17.5. The van der Waals surface area contributed by atoms with E-state index in [4.69, 9.17) is 19.7 Å². The standard InChI is InChI=1S/C54H53N5O2/c1-34(2)43-18-14-19-44(35(3)4)53(43)38-30-55-57(32-38)40-16-13-17-42(28-40)59-47-22-9-10-23-49(47)60-51-24-11-12-25-52(51)61-50-27-26-41(29-48(50)59)58-33-39(31-56-58)54-45(36(5)6)20-15-21-46(54)37(7)8/h9-37H,1-8H3. The summed E-state index contributed by atoms with van der Waals surface area (Å²) >= 11 is 0. The molecule has 6 aromatic carbocycles. The second-order valence-electron chi connectivity index (χ2n) is 17.2. The molecule has 7 nitrogen and oxygen atoms in total.